The van der Waals surface area contributed by atoms with E-state index in [0.29, 0.717) is 10.9 Å². The lowest BCUT2D eigenvalue weighted by Gasteiger charge is -2.48. The van der Waals surface area contributed by atoms with Crippen molar-refractivity contribution in [3.63, 3.8) is 0 Å². The Morgan fingerprint density at radius 3 is 2.95 bits per heavy atom. The van der Waals surface area contributed by atoms with E-state index in [4.69, 9.17) is 22.7 Å². The van der Waals surface area contributed by atoms with Gasteiger partial charge in [-0.05, 0) is 37.5 Å². The Bertz CT molecular complexity index is 562. The van der Waals surface area contributed by atoms with Crippen LogP contribution in [0, 0.1) is 11.3 Å². The molecule has 5 heteroatoms. The third kappa shape index (κ3) is 2.74. The molecule has 0 bridgehead atoms. The zero-order chi connectivity index (χ0) is 15.0. The summed E-state index contributed by atoms with van der Waals surface area (Å²) in [6.07, 6.45) is 5.09. The van der Waals surface area contributed by atoms with Crippen molar-refractivity contribution < 1.29 is 5.11 Å². The molecule has 2 fully saturated rings. The fourth-order valence-corrected chi connectivity index (χ4v) is 3.95. The molecule has 1 aliphatic heterocycles. The number of fused-ring (bicyclic) bond motifs is 1. The maximum atomic E-state index is 10.8. The number of halogens is 1. The van der Waals surface area contributed by atoms with Crippen LogP contribution in [0.25, 0.3) is 0 Å². The van der Waals surface area contributed by atoms with Crippen molar-refractivity contribution in [3.8, 4) is 0 Å². The van der Waals surface area contributed by atoms with Gasteiger partial charge in [-0.3, -0.25) is 5.41 Å². The predicted molar refractivity (Wildman–Crippen MR) is 86.2 cm³/mol. The molecule has 2 atom stereocenters. The monoisotopic (exact) mass is 307 g/mol. The Labute approximate surface area is 130 Å². The van der Waals surface area contributed by atoms with Gasteiger partial charge in [-0.15, -0.1) is 0 Å². The molecule has 1 saturated carbocycles. The average molecular weight is 308 g/mol. The number of rotatable bonds is 2. The van der Waals surface area contributed by atoms with Crippen molar-refractivity contribution in [3.05, 3.63) is 28.8 Å². The van der Waals surface area contributed by atoms with Gasteiger partial charge in [0.25, 0.3) is 0 Å². The molecule has 1 aliphatic carbocycles. The first-order chi connectivity index (χ1) is 9.99. The first kappa shape index (κ1) is 14.7. The highest BCUT2D eigenvalue weighted by Gasteiger charge is 2.43. The van der Waals surface area contributed by atoms with E-state index in [1.807, 2.05) is 12.1 Å². The molecule has 3 rings (SSSR count). The Kier molecular flexibility index (Phi) is 3.84. The molecular weight excluding hydrogens is 286 g/mol. The molecule has 0 amide bonds. The van der Waals surface area contributed by atoms with Crippen LogP contribution in [0.2, 0.25) is 5.02 Å². The van der Waals surface area contributed by atoms with E-state index >= 15 is 0 Å². The van der Waals surface area contributed by atoms with Gasteiger partial charge in [0.05, 0.1) is 5.60 Å². The Hall–Kier alpha value is -1.26. The van der Waals surface area contributed by atoms with Gasteiger partial charge in [0, 0.05) is 35.3 Å². The van der Waals surface area contributed by atoms with Crippen molar-refractivity contribution >= 4 is 23.1 Å². The topological polar surface area (TPSA) is 73.3 Å². The summed E-state index contributed by atoms with van der Waals surface area (Å²) in [6, 6.07) is 5.45. The Morgan fingerprint density at radius 1 is 1.38 bits per heavy atom. The van der Waals surface area contributed by atoms with Crippen molar-refractivity contribution in [2.45, 2.75) is 37.7 Å². The number of aliphatic hydroxyl groups is 1. The Morgan fingerprint density at radius 2 is 2.19 bits per heavy atom. The minimum absolute atomic E-state index is 0.0612. The summed E-state index contributed by atoms with van der Waals surface area (Å²) in [5.41, 5.74) is 6.84. The third-order valence-electron chi connectivity index (χ3n) is 5.02. The zero-order valence-corrected chi connectivity index (χ0v) is 12.9. The van der Waals surface area contributed by atoms with Crippen molar-refractivity contribution in [1.82, 2.24) is 0 Å². The van der Waals surface area contributed by atoms with E-state index in [9.17, 15) is 5.11 Å². The molecule has 0 radical (unpaired) electrons. The highest BCUT2D eigenvalue weighted by atomic mass is 35.5. The molecule has 2 aliphatic rings. The van der Waals surface area contributed by atoms with Crippen LogP contribution in [0.5, 0.6) is 0 Å². The third-order valence-corrected chi connectivity index (χ3v) is 5.25. The number of piperidine rings is 1. The quantitative estimate of drug-likeness (QED) is 0.581. The predicted octanol–water partition coefficient (Wildman–Crippen LogP) is 2.76. The maximum Gasteiger partial charge on any atom is 0.124 e. The van der Waals surface area contributed by atoms with Crippen molar-refractivity contribution in [1.29, 1.82) is 5.41 Å². The Balaban J connectivity index is 1.88. The zero-order valence-electron chi connectivity index (χ0n) is 12.1. The first-order valence-electron chi connectivity index (χ1n) is 7.61. The standard InChI is InChI=1S/C16H22ClN3O/c17-12-4-5-13(15(18)19)14(9-12)20-8-7-16(21)6-2-1-3-11(16)10-20/h4-5,9,11,21H,1-3,6-8,10H2,(H3,18,19). The van der Waals surface area contributed by atoms with Crippen LogP contribution in [0.4, 0.5) is 5.69 Å². The van der Waals surface area contributed by atoms with E-state index in [-0.39, 0.29) is 5.84 Å². The fourth-order valence-electron chi connectivity index (χ4n) is 3.78. The summed E-state index contributed by atoms with van der Waals surface area (Å²) in [5.74, 6) is 0.366. The molecule has 2 unspecified atom stereocenters. The molecule has 4 nitrogen and oxygen atoms in total. The van der Waals surface area contributed by atoms with Crippen molar-refractivity contribution in [2.24, 2.45) is 11.7 Å². The number of nitrogens with zero attached hydrogens (tertiary/aromatic N) is 1. The van der Waals surface area contributed by atoms with Crippen LogP contribution in [-0.2, 0) is 0 Å². The van der Waals surface area contributed by atoms with Crippen LogP contribution < -0.4 is 10.6 Å². The first-order valence-corrected chi connectivity index (χ1v) is 7.99. The maximum absolute atomic E-state index is 10.8. The number of hydrogen-bond acceptors (Lipinski definition) is 3. The molecule has 1 heterocycles. The highest BCUT2D eigenvalue weighted by molar-refractivity contribution is 6.31. The number of amidine groups is 1. The summed E-state index contributed by atoms with van der Waals surface area (Å²) in [6.45, 7) is 1.60. The minimum atomic E-state index is -0.496. The van der Waals surface area contributed by atoms with Gasteiger partial charge in [0.2, 0.25) is 0 Å². The molecule has 0 aromatic heterocycles. The average Bonchev–Trinajstić information content (AvgIpc) is 2.45. The summed E-state index contributed by atoms with van der Waals surface area (Å²) in [7, 11) is 0. The van der Waals surface area contributed by atoms with Gasteiger partial charge in [0.1, 0.15) is 5.84 Å². The van der Waals surface area contributed by atoms with Gasteiger partial charge < -0.3 is 15.7 Å². The molecule has 0 spiro atoms. The molecule has 114 valence electrons. The van der Waals surface area contributed by atoms with Gasteiger partial charge in [-0.1, -0.05) is 24.4 Å². The molecule has 1 aromatic carbocycles. The van der Waals surface area contributed by atoms with Crippen LogP contribution >= 0.6 is 11.6 Å². The molecular formula is C16H22ClN3O. The minimum Gasteiger partial charge on any atom is -0.389 e. The summed E-state index contributed by atoms with van der Waals surface area (Å²) in [5, 5.41) is 19.2. The summed E-state index contributed by atoms with van der Waals surface area (Å²) in [4.78, 5) is 2.23. The SMILES string of the molecule is N=C(N)c1ccc(Cl)cc1N1CCC2(O)CCCCC2C1. The lowest BCUT2D eigenvalue weighted by Crippen LogP contribution is -2.53. The van der Waals surface area contributed by atoms with E-state index in [1.165, 1.54) is 6.42 Å². The van der Waals surface area contributed by atoms with Gasteiger partial charge in [-0.2, -0.15) is 0 Å². The number of anilines is 1. The van der Waals surface area contributed by atoms with E-state index < -0.39 is 5.60 Å². The number of nitrogens with two attached hydrogens (primary N) is 1. The van der Waals surface area contributed by atoms with Crippen molar-refractivity contribution in [2.75, 3.05) is 18.0 Å². The molecule has 21 heavy (non-hydrogen) atoms. The second kappa shape index (κ2) is 5.50. The van der Waals surface area contributed by atoms with Gasteiger partial charge >= 0.3 is 0 Å². The van der Waals surface area contributed by atoms with E-state index in [0.717, 1.165) is 50.0 Å². The molecule has 1 aromatic rings. The fraction of sp³-hybridized carbons (Fsp3) is 0.562. The lowest BCUT2D eigenvalue weighted by atomic mass is 9.71. The smallest absolute Gasteiger partial charge is 0.124 e. The summed E-state index contributed by atoms with van der Waals surface area (Å²) < 4.78 is 0. The molecule has 1 saturated heterocycles. The number of nitrogens with one attached hydrogen (secondary N) is 1. The normalized spacial score (nSPS) is 29.0. The highest BCUT2D eigenvalue weighted by Crippen LogP contribution is 2.41. The molecule has 4 N–H and O–H groups in total. The van der Waals surface area contributed by atoms with Crippen LogP contribution in [0.1, 0.15) is 37.7 Å². The number of hydrogen-bond donors (Lipinski definition) is 3. The number of benzene rings is 1. The van der Waals surface area contributed by atoms with E-state index in [2.05, 4.69) is 4.90 Å². The second-order valence-corrected chi connectivity index (χ2v) is 6.75. The lowest BCUT2D eigenvalue weighted by molar-refractivity contribution is -0.0612. The summed E-state index contributed by atoms with van der Waals surface area (Å²) >= 11 is 6.12. The van der Waals surface area contributed by atoms with Gasteiger partial charge in [0.15, 0.2) is 0 Å². The van der Waals surface area contributed by atoms with Crippen LogP contribution in [0.3, 0.4) is 0 Å². The van der Waals surface area contributed by atoms with Crippen LogP contribution in [0.15, 0.2) is 18.2 Å². The van der Waals surface area contributed by atoms with Gasteiger partial charge in [-0.25, -0.2) is 0 Å². The van der Waals surface area contributed by atoms with Crippen LogP contribution in [-0.4, -0.2) is 29.6 Å². The number of nitrogen functional groups attached to an aromatic ring is 1. The second-order valence-electron chi connectivity index (χ2n) is 6.32. The largest absolute Gasteiger partial charge is 0.389 e. The van der Waals surface area contributed by atoms with E-state index in [1.54, 1.807) is 6.07 Å².